The molecule has 0 spiro atoms. The number of carbonyl (C=O) groups excluding carboxylic acids is 2. The SMILES string of the molecule is CC(=O)NCCNC(=O)c1ccc(Cl)cc1[N+](=O)[O-]. The van der Waals surface area contributed by atoms with Crippen LogP contribution in [0.3, 0.4) is 0 Å². The van der Waals surface area contributed by atoms with Crippen LogP contribution in [0.1, 0.15) is 17.3 Å². The number of halogens is 1. The molecule has 0 bridgehead atoms. The molecule has 0 atom stereocenters. The van der Waals surface area contributed by atoms with Gasteiger partial charge in [-0.2, -0.15) is 0 Å². The van der Waals surface area contributed by atoms with Crippen LogP contribution in [0.5, 0.6) is 0 Å². The van der Waals surface area contributed by atoms with E-state index in [9.17, 15) is 19.7 Å². The van der Waals surface area contributed by atoms with Gasteiger partial charge in [-0.25, -0.2) is 0 Å². The quantitative estimate of drug-likeness (QED) is 0.481. The van der Waals surface area contributed by atoms with E-state index in [2.05, 4.69) is 10.6 Å². The highest BCUT2D eigenvalue weighted by atomic mass is 35.5. The summed E-state index contributed by atoms with van der Waals surface area (Å²) in [6, 6.07) is 3.80. The van der Waals surface area contributed by atoms with Crippen molar-refractivity contribution in [3.8, 4) is 0 Å². The minimum Gasteiger partial charge on any atom is -0.355 e. The Morgan fingerprint density at radius 3 is 2.53 bits per heavy atom. The van der Waals surface area contributed by atoms with E-state index in [1.807, 2.05) is 0 Å². The standard InChI is InChI=1S/C11H12ClN3O4/c1-7(16)13-4-5-14-11(17)9-3-2-8(12)6-10(9)15(18)19/h2-3,6H,4-5H2,1H3,(H,13,16)(H,14,17). The Morgan fingerprint density at radius 2 is 1.95 bits per heavy atom. The molecule has 0 fully saturated rings. The van der Waals surface area contributed by atoms with Gasteiger partial charge < -0.3 is 10.6 Å². The Kier molecular flexibility index (Phi) is 5.25. The number of amides is 2. The van der Waals surface area contributed by atoms with Crippen LogP contribution in [0.2, 0.25) is 5.02 Å². The van der Waals surface area contributed by atoms with E-state index in [1.54, 1.807) is 0 Å². The van der Waals surface area contributed by atoms with Gasteiger partial charge in [-0.15, -0.1) is 0 Å². The summed E-state index contributed by atoms with van der Waals surface area (Å²) in [4.78, 5) is 32.5. The van der Waals surface area contributed by atoms with Gasteiger partial charge in [-0.3, -0.25) is 19.7 Å². The smallest absolute Gasteiger partial charge is 0.283 e. The van der Waals surface area contributed by atoms with E-state index in [0.717, 1.165) is 6.07 Å². The first-order valence-corrected chi connectivity index (χ1v) is 5.76. The molecule has 0 unspecified atom stereocenters. The van der Waals surface area contributed by atoms with Crippen molar-refractivity contribution in [2.24, 2.45) is 0 Å². The number of nitrogens with one attached hydrogen (secondary N) is 2. The molecule has 0 saturated carbocycles. The molecule has 8 heteroatoms. The Labute approximate surface area is 114 Å². The Balaban J connectivity index is 2.71. The lowest BCUT2D eigenvalue weighted by Gasteiger charge is -2.06. The van der Waals surface area contributed by atoms with E-state index in [1.165, 1.54) is 19.1 Å². The second kappa shape index (κ2) is 6.69. The third kappa shape index (κ3) is 4.55. The number of hydrogen-bond acceptors (Lipinski definition) is 4. The summed E-state index contributed by atoms with van der Waals surface area (Å²) in [6.07, 6.45) is 0. The van der Waals surface area contributed by atoms with Crippen LogP contribution >= 0.6 is 11.6 Å². The first-order valence-electron chi connectivity index (χ1n) is 5.38. The highest BCUT2D eigenvalue weighted by Gasteiger charge is 2.20. The van der Waals surface area contributed by atoms with E-state index in [-0.39, 0.29) is 35.3 Å². The van der Waals surface area contributed by atoms with Crippen molar-refractivity contribution in [2.45, 2.75) is 6.92 Å². The van der Waals surface area contributed by atoms with Crippen LogP contribution < -0.4 is 10.6 Å². The normalized spacial score (nSPS) is 9.79. The van der Waals surface area contributed by atoms with E-state index >= 15 is 0 Å². The largest absolute Gasteiger partial charge is 0.355 e. The lowest BCUT2D eigenvalue weighted by atomic mass is 10.1. The molecule has 2 amide bonds. The van der Waals surface area contributed by atoms with Crippen LogP contribution in [0, 0.1) is 10.1 Å². The number of rotatable bonds is 5. The zero-order valence-electron chi connectivity index (χ0n) is 10.1. The molecular weight excluding hydrogens is 274 g/mol. The maximum absolute atomic E-state index is 11.8. The van der Waals surface area contributed by atoms with Crippen molar-refractivity contribution in [2.75, 3.05) is 13.1 Å². The number of hydrogen-bond donors (Lipinski definition) is 2. The second-order valence-electron chi connectivity index (χ2n) is 3.66. The summed E-state index contributed by atoms with van der Waals surface area (Å²) < 4.78 is 0. The zero-order chi connectivity index (χ0) is 14.4. The fourth-order valence-electron chi connectivity index (χ4n) is 1.36. The van der Waals surface area contributed by atoms with Crippen LogP contribution in [-0.2, 0) is 4.79 Å². The van der Waals surface area contributed by atoms with Crippen LogP contribution in [0.25, 0.3) is 0 Å². The number of nitro benzene ring substituents is 1. The van der Waals surface area contributed by atoms with Gasteiger partial charge in [0.1, 0.15) is 5.56 Å². The van der Waals surface area contributed by atoms with E-state index in [0.29, 0.717) is 0 Å². The maximum Gasteiger partial charge on any atom is 0.283 e. The van der Waals surface area contributed by atoms with Crippen molar-refractivity contribution in [1.82, 2.24) is 10.6 Å². The predicted octanol–water partition coefficient (Wildman–Crippen LogP) is 1.11. The minimum absolute atomic E-state index is 0.0720. The molecule has 0 heterocycles. The van der Waals surface area contributed by atoms with Gasteiger partial charge >= 0.3 is 0 Å². The van der Waals surface area contributed by atoms with Crippen LogP contribution in [0.4, 0.5) is 5.69 Å². The lowest BCUT2D eigenvalue weighted by Crippen LogP contribution is -2.33. The highest BCUT2D eigenvalue weighted by molar-refractivity contribution is 6.31. The molecule has 1 aromatic carbocycles. The third-order valence-electron chi connectivity index (χ3n) is 2.19. The van der Waals surface area contributed by atoms with Crippen molar-refractivity contribution in [3.05, 3.63) is 38.9 Å². The molecule has 1 aromatic rings. The maximum atomic E-state index is 11.8. The molecule has 0 aliphatic heterocycles. The number of nitro groups is 1. The molecule has 0 radical (unpaired) electrons. The van der Waals surface area contributed by atoms with Crippen molar-refractivity contribution >= 4 is 29.1 Å². The summed E-state index contributed by atoms with van der Waals surface area (Å²) >= 11 is 5.64. The lowest BCUT2D eigenvalue weighted by molar-refractivity contribution is -0.385. The second-order valence-corrected chi connectivity index (χ2v) is 4.09. The summed E-state index contributed by atoms with van der Waals surface area (Å²) in [5, 5.41) is 15.9. The topological polar surface area (TPSA) is 101 Å². The average Bonchev–Trinajstić information content (AvgIpc) is 2.33. The molecule has 0 saturated heterocycles. The summed E-state index contributed by atoms with van der Waals surface area (Å²) in [5.74, 6) is -0.805. The van der Waals surface area contributed by atoms with E-state index in [4.69, 9.17) is 11.6 Å². The zero-order valence-corrected chi connectivity index (χ0v) is 10.9. The van der Waals surface area contributed by atoms with Crippen molar-refractivity contribution < 1.29 is 14.5 Å². The monoisotopic (exact) mass is 285 g/mol. The number of nitrogens with zero attached hydrogens (tertiary/aromatic N) is 1. The van der Waals surface area contributed by atoms with Gasteiger partial charge in [0.25, 0.3) is 11.6 Å². The molecule has 0 aliphatic carbocycles. The Bertz CT molecular complexity index is 519. The summed E-state index contributed by atoms with van der Waals surface area (Å²) in [6.45, 7) is 1.78. The van der Waals surface area contributed by atoms with Gasteiger partial charge in [0.2, 0.25) is 5.91 Å². The van der Waals surface area contributed by atoms with E-state index < -0.39 is 10.8 Å². The molecular formula is C11H12ClN3O4. The molecule has 0 aliphatic rings. The number of benzene rings is 1. The van der Waals surface area contributed by atoms with Gasteiger partial charge in [-0.1, -0.05) is 11.6 Å². The van der Waals surface area contributed by atoms with Gasteiger partial charge in [0.15, 0.2) is 0 Å². The first kappa shape index (κ1) is 14.9. The van der Waals surface area contributed by atoms with Crippen LogP contribution in [-0.4, -0.2) is 29.8 Å². The number of carbonyl (C=O) groups is 2. The molecule has 1 rings (SSSR count). The fraction of sp³-hybridized carbons (Fsp3) is 0.273. The van der Waals surface area contributed by atoms with Crippen molar-refractivity contribution in [3.63, 3.8) is 0 Å². The molecule has 7 nitrogen and oxygen atoms in total. The fourth-order valence-corrected chi connectivity index (χ4v) is 1.52. The summed E-state index contributed by atoms with van der Waals surface area (Å²) in [7, 11) is 0. The minimum atomic E-state index is -0.672. The van der Waals surface area contributed by atoms with Gasteiger partial charge in [0.05, 0.1) is 4.92 Å². The van der Waals surface area contributed by atoms with Gasteiger partial charge in [0, 0.05) is 31.1 Å². The Hall–Kier alpha value is -2.15. The third-order valence-corrected chi connectivity index (χ3v) is 2.42. The Morgan fingerprint density at radius 1 is 1.32 bits per heavy atom. The summed E-state index contributed by atoms with van der Waals surface area (Å²) in [5.41, 5.74) is -0.429. The van der Waals surface area contributed by atoms with Crippen LogP contribution in [0.15, 0.2) is 18.2 Å². The first-order chi connectivity index (χ1) is 8.91. The predicted molar refractivity (Wildman–Crippen MR) is 69.1 cm³/mol. The molecule has 102 valence electrons. The molecule has 0 aromatic heterocycles. The van der Waals surface area contributed by atoms with Gasteiger partial charge in [-0.05, 0) is 12.1 Å². The highest BCUT2D eigenvalue weighted by Crippen LogP contribution is 2.22. The average molecular weight is 286 g/mol. The van der Waals surface area contributed by atoms with Crippen molar-refractivity contribution in [1.29, 1.82) is 0 Å². The molecule has 19 heavy (non-hydrogen) atoms. The molecule has 2 N–H and O–H groups in total.